The van der Waals surface area contributed by atoms with Crippen LogP contribution in [0.25, 0.3) is 0 Å². The molecule has 1 aliphatic heterocycles. The highest BCUT2D eigenvalue weighted by Gasteiger charge is 2.55. The molecule has 0 radical (unpaired) electrons. The summed E-state index contributed by atoms with van der Waals surface area (Å²) in [5.41, 5.74) is 1.85. The maximum atomic E-state index is 12.6. The molecule has 3 rings (SSSR count). The lowest BCUT2D eigenvalue weighted by Crippen LogP contribution is -2.38. The summed E-state index contributed by atoms with van der Waals surface area (Å²) in [6.07, 6.45) is 2.48. The molecule has 0 unspecified atom stereocenters. The van der Waals surface area contributed by atoms with E-state index in [-0.39, 0.29) is 11.9 Å². The third-order valence-electron chi connectivity index (χ3n) is 5.57. The van der Waals surface area contributed by atoms with Gasteiger partial charge in [-0.1, -0.05) is 6.42 Å². The van der Waals surface area contributed by atoms with Crippen LogP contribution in [0.2, 0.25) is 0 Å². The second kappa shape index (κ2) is 6.00. The predicted molar refractivity (Wildman–Crippen MR) is 90.5 cm³/mol. The smallest absolute Gasteiger partial charge is 0.321 e. The molecule has 0 spiro atoms. The first-order valence-corrected chi connectivity index (χ1v) is 8.32. The maximum Gasteiger partial charge on any atom is 0.321 e. The maximum absolute atomic E-state index is 12.6. The molecular formula is C18H24N2O4. The van der Waals surface area contributed by atoms with Crippen molar-refractivity contribution in [3.63, 3.8) is 0 Å². The standard InChI is InChI=1S/C18H24N2O4/c1-11-8-15(24-3)12(2)7-14(11)19-17(23)20-9-13-5-4-6-18(13,10-20)16(21)22/h7-8,13H,4-6,9-10H2,1-3H3,(H,19,23)(H,21,22)/t13-,18+/m0/s1. The molecule has 6 nitrogen and oxygen atoms in total. The van der Waals surface area contributed by atoms with E-state index in [1.54, 1.807) is 12.0 Å². The Kier molecular flexibility index (Phi) is 4.15. The molecule has 2 fully saturated rings. The van der Waals surface area contributed by atoms with Gasteiger partial charge in [0, 0.05) is 18.8 Å². The van der Waals surface area contributed by atoms with E-state index >= 15 is 0 Å². The van der Waals surface area contributed by atoms with Crippen molar-refractivity contribution in [3.05, 3.63) is 23.3 Å². The quantitative estimate of drug-likeness (QED) is 0.892. The number of rotatable bonds is 3. The number of aliphatic carboxylic acids is 1. The van der Waals surface area contributed by atoms with E-state index in [9.17, 15) is 14.7 Å². The van der Waals surface area contributed by atoms with Crippen LogP contribution in [-0.2, 0) is 4.79 Å². The number of nitrogens with one attached hydrogen (secondary N) is 1. The number of fused-ring (bicyclic) bond motifs is 1. The Labute approximate surface area is 141 Å². The fraction of sp³-hybridized carbons (Fsp3) is 0.556. The Morgan fingerprint density at radius 1 is 1.33 bits per heavy atom. The largest absolute Gasteiger partial charge is 0.496 e. The molecule has 24 heavy (non-hydrogen) atoms. The summed E-state index contributed by atoms with van der Waals surface area (Å²) in [4.78, 5) is 26.0. The number of carboxylic acid groups (broad SMARTS) is 1. The van der Waals surface area contributed by atoms with Crippen LogP contribution in [0, 0.1) is 25.2 Å². The first-order chi connectivity index (χ1) is 11.4. The van der Waals surface area contributed by atoms with Gasteiger partial charge in [0.1, 0.15) is 5.75 Å². The van der Waals surface area contributed by atoms with Crippen molar-refractivity contribution in [1.82, 2.24) is 4.90 Å². The van der Waals surface area contributed by atoms with Crippen LogP contribution in [0.4, 0.5) is 10.5 Å². The molecule has 0 aromatic heterocycles. The number of hydrogen-bond acceptors (Lipinski definition) is 3. The second-order valence-electron chi connectivity index (χ2n) is 7.00. The zero-order chi connectivity index (χ0) is 17.5. The zero-order valence-corrected chi connectivity index (χ0v) is 14.4. The number of benzene rings is 1. The van der Waals surface area contributed by atoms with Gasteiger partial charge in [-0.15, -0.1) is 0 Å². The predicted octanol–water partition coefficient (Wildman–Crippen LogP) is 3.03. The summed E-state index contributed by atoms with van der Waals surface area (Å²) in [6.45, 7) is 4.65. The molecule has 1 heterocycles. The number of anilines is 1. The van der Waals surface area contributed by atoms with E-state index in [0.717, 1.165) is 35.4 Å². The number of ether oxygens (including phenoxy) is 1. The van der Waals surface area contributed by atoms with Crippen LogP contribution < -0.4 is 10.1 Å². The lowest BCUT2D eigenvalue weighted by Gasteiger charge is -2.23. The van der Waals surface area contributed by atoms with Crippen molar-refractivity contribution in [3.8, 4) is 5.75 Å². The van der Waals surface area contributed by atoms with Crippen molar-refractivity contribution in [1.29, 1.82) is 0 Å². The highest BCUT2D eigenvalue weighted by molar-refractivity contribution is 5.91. The van der Waals surface area contributed by atoms with Gasteiger partial charge in [0.2, 0.25) is 0 Å². The number of carbonyl (C=O) groups excluding carboxylic acids is 1. The van der Waals surface area contributed by atoms with Crippen LogP contribution >= 0.6 is 0 Å². The molecule has 2 amide bonds. The molecule has 1 saturated heterocycles. The first-order valence-electron chi connectivity index (χ1n) is 8.32. The molecule has 1 aromatic rings. The van der Waals surface area contributed by atoms with Gasteiger partial charge >= 0.3 is 12.0 Å². The van der Waals surface area contributed by atoms with E-state index < -0.39 is 11.4 Å². The fourth-order valence-corrected chi connectivity index (χ4v) is 4.13. The van der Waals surface area contributed by atoms with Gasteiger partial charge in [0.25, 0.3) is 0 Å². The minimum absolute atomic E-state index is 0.0689. The summed E-state index contributed by atoms with van der Waals surface area (Å²) in [5, 5.41) is 12.6. The minimum atomic E-state index is -0.767. The summed E-state index contributed by atoms with van der Waals surface area (Å²) < 4.78 is 5.29. The molecule has 2 aliphatic rings. The molecule has 6 heteroatoms. The van der Waals surface area contributed by atoms with Crippen molar-refractivity contribution in [2.75, 3.05) is 25.5 Å². The molecule has 2 N–H and O–H groups in total. The molecule has 1 aromatic carbocycles. The van der Waals surface area contributed by atoms with Crippen molar-refractivity contribution < 1.29 is 19.4 Å². The number of carboxylic acids is 1. The third-order valence-corrected chi connectivity index (χ3v) is 5.57. The number of hydrogen-bond donors (Lipinski definition) is 2. The van der Waals surface area contributed by atoms with Gasteiger partial charge in [-0.25, -0.2) is 4.79 Å². The topological polar surface area (TPSA) is 78.9 Å². The Balaban J connectivity index is 1.75. The number of amides is 2. The van der Waals surface area contributed by atoms with Gasteiger partial charge < -0.3 is 20.1 Å². The van der Waals surface area contributed by atoms with E-state index in [0.29, 0.717) is 19.5 Å². The van der Waals surface area contributed by atoms with E-state index in [1.165, 1.54) is 0 Å². The average molecular weight is 332 g/mol. The van der Waals surface area contributed by atoms with Gasteiger partial charge in [0.05, 0.1) is 12.5 Å². The number of likely N-dealkylation sites (tertiary alicyclic amines) is 1. The van der Waals surface area contributed by atoms with Crippen molar-refractivity contribution >= 4 is 17.7 Å². The van der Waals surface area contributed by atoms with Crippen molar-refractivity contribution in [2.24, 2.45) is 11.3 Å². The Hall–Kier alpha value is -2.24. The van der Waals surface area contributed by atoms with E-state index in [1.807, 2.05) is 26.0 Å². The van der Waals surface area contributed by atoms with Gasteiger partial charge in [-0.2, -0.15) is 0 Å². The summed E-state index contributed by atoms with van der Waals surface area (Å²) in [7, 11) is 1.62. The lowest BCUT2D eigenvalue weighted by molar-refractivity contribution is -0.149. The van der Waals surface area contributed by atoms with Crippen LogP contribution in [0.3, 0.4) is 0 Å². The van der Waals surface area contributed by atoms with Crippen LogP contribution in [0.15, 0.2) is 12.1 Å². The summed E-state index contributed by atoms with van der Waals surface area (Å²) in [6, 6.07) is 3.55. The van der Waals surface area contributed by atoms with E-state index in [2.05, 4.69) is 5.32 Å². The highest BCUT2D eigenvalue weighted by atomic mass is 16.5. The van der Waals surface area contributed by atoms with Gasteiger partial charge in [0.15, 0.2) is 0 Å². The number of carbonyl (C=O) groups is 2. The molecule has 1 aliphatic carbocycles. The first kappa shape index (κ1) is 16.6. The molecule has 1 saturated carbocycles. The summed E-state index contributed by atoms with van der Waals surface area (Å²) >= 11 is 0. The molecule has 2 atom stereocenters. The normalized spacial score (nSPS) is 25.5. The van der Waals surface area contributed by atoms with E-state index in [4.69, 9.17) is 4.74 Å². The lowest BCUT2D eigenvalue weighted by atomic mass is 9.81. The monoisotopic (exact) mass is 332 g/mol. The Morgan fingerprint density at radius 3 is 2.71 bits per heavy atom. The molecule has 0 bridgehead atoms. The number of urea groups is 1. The fourth-order valence-electron chi connectivity index (χ4n) is 4.13. The number of nitrogens with zero attached hydrogens (tertiary/aromatic N) is 1. The second-order valence-corrected chi connectivity index (χ2v) is 7.00. The van der Waals surface area contributed by atoms with Crippen molar-refractivity contribution in [2.45, 2.75) is 33.1 Å². The van der Waals surface area contributed by atoms with Crippen LogP contribution in [-0.4, -0.2) is 42.2 Å². The SMILES string of the molecule is COc1cc(C)c(NC(=O)N2C[C@@H]3CCC[C@@]3(C(=O)O)C2)cc1C. The number of methoxy groups -OCH3 is 1. The van der Waals surface area contributed by atoms with Crippen LogP contribution in [0.5, 0.6) is 5.75 Å². The van der Waals surface area contributed by atoms with Gasteiger partial charge in [-0.05, 0) is 55.9 Å². The highest BCUT2D eigenvalue weighted by Crippen LogP contribution is 2.49. The molecular weight excluding hydrogens is 308 g/mol. The summed E-state index contributed by atoms with van der Waals surface area (Å²) in [5.74, 6) is 0.0854. The Bertz CT molecular complexity index is 688. The van der Waals surface area contributed by atoms with Gasteiger partial charge in [-0.3, -0.25) is 4.79 Å². The molecule has 130 valence electrons. The average Bonchev–Trinajstić information content (AvgIpc) is 3.08. The number of aryl methyl sites for hydroxylation is 2. The van der Waals surface area contributed by atoms with Crippen LogP contribution in [0.1, 0.15) is 30.4 Å². The third kappa shape index (κ3) is 2.60. The Morgan fingerprint density at radius 2 is 2.08 bits per heavy atom. The zero-order valence-electron chi connectivity index (χ0n) is 14.4. The minimum Gasteiger partial charge on any atom is -0.496 e.